The Morgan fingerprint density at radius 3 is 2.38 bits per heavy atom. The highest BCUT2D eigenvalue weighted by molar-refractivity contribution is 5.86. The second-order valence-electron chi connectivity index (χ2n) is 7.88. The number of aliphatic hydroxyl groups excluding tert-OH is 4. The van der Waals surface area contributed by atoms with Gasteiger partial charge in [-0.25, -0.2) is 0 Å². The van der Waals surface area contributed by atoms with E-state index < -0.39 is 55.1 Å². The molecule has 11 nitrogen and oxygen atoms in total. The minimum atomic E-state index is -1.70. The number of rotatable bonds is 6. The van der Waals surface area contributed by atoms with Gasteiger partial charge in [0.15, 0.2) is 6.61 Å². The number of amides is 1. The molecule has 0 bridgehead atoms. The van der Waals surface area contributed by atoms with E-state index in [9.17, 15) is 35.1 Å². The van der Waals surface area contributed by atoms with Gasteiger partial charge in [-0.1, -0.05) is 12.1 Å². The molecule has 3 aromatic rings. The van der Waals surface area contributed by atoms with Gasteiger partial charge in [-0.05, 0) is 29.8 Å². The summed E-state index contributed by atoms with van der Waals surface area (Å²) in [6, 6.07) is 8.67. The second-order valence-corrected chi connectivity index (χ2v) is 7.88. The fourth-order valence-corrected chi connectivity index (χ4v) is 3.93. The molecule has 0 unspecified atom stereocenters. The maximum Gasteiger partial charge on any atom is 0.255 e. The van der Waals surface area contributed by atoms with Crippen molar-refractivity contribution < 1.29 is 44.2 Å². The zero-order chi connectivity index (χ0) is 24.6. The van der Waals surface area contributed by atoms with Crippen LogP contribution < -0.4 is 15.9 Å². The topological polar surface area (TPSA) is 193 Å². The highest BCUT2D eigenvalue weighted by atomic mass is 16.5. The largest absolute Gasteiger partial charge is 0.508 e. The van der Waals surface area contributed by atoms with Crippen LogP contribution in [-0.2, 0) is 9.53 Å². The molecule has 0 aliphatic carbocycles. The lowest BCUT2D eigenvalue weighted by Gasteiger charge is -2.40. The molecule has 1 saturated heterocycles. The number of carbonyl (C=O) groups excluding carboxylic acids is 1. The number of phenols is 1. The quantitative estimate of drug-likeness (QED) is 0.273. The summed E-state index contributed by atoms with van der Waals surface area (Å²) in [4.78, 5) is 24.6. The molecule has 1 fully saturated rings. The lowest BCUT2D eigenvalue weighted by atomic mass is 9.89. The number of hydrogen-bond acceptors (Lipinski definition) is 10. The number of fused-ring (bicyclic) bond motifs is 1. The molecule has 4 rings (SSSR count). The van der Waals surface area contributed by atoms with Crippen LogP contribution in [0, 0.1) is 0 Å². The standard InChI is InChI=1S/C23H23NO10/c24-16(27)9-32-14-6-5-12-18(28)13(10-1-3-11(26)4-2-10)8-33-22(12)17(14)23-21(31)20(30)19(29)15(7-25)34-23/h1-6,8,15,19-21,23,25-26,29-31H,7,9H2,(H2,24,27)/t15-,19-,20+,21-,23+/m1/s1. The number of aromatic hydroxyl groups is 1. The maximum atomic E-state index is 13.3. The molecule has 1 aromatic heterocycles. The number of carbonyl (C=O) groups is 1. The van der Waals surface area contributed by atoms with Crippen molar-refractivity contribution in [1.82, 2.24) is 0 Å². The molecule has 34 heavy (non-hydrogen) atoms. The predicted octanol–water partition coefficient (Wildman–Crippen LogP) is -0.455. The molecule has 5 atom stereocenters. The Morgan fingerprint density at radius 1 is 1.03 bits per heavy atom. The van der Waals surface area contributed by atoms with Gasteiger partial charge < -0.3 is 45.2 Å². The van der Waals surface area contributed by atoms with E-state index in [1.54, 1.807) is 0 Å². The summed E-state index contributed by atoms with van der Waals surface area (Å²) in [6.45, 7) is -1.20. The van der Waals surface area contributed by atoms with Crippen LogP contribution in [-0.4, -0.2) is 69.1 Å². The van der Waals surface area contributed by atoms with Crippen molar-refractivity contribution in [2.75, 3.05) is 13.2 Å². The molecular formula is C23H23NO10. The van der Waals surface area contributed by atoms with Gasteiger partial charge in [0, 0.05) is 0 Å². The van der Waals surface area contributed by atoms with E-state index in [-0.39, 0.29) is 33.6 Å². The number of aliphatic hydroxyl groups is 4. The fraction of sp³-hybridized carbons (Fsp3) is 0.304. The average molecular weight is 473 g/mol. The Balaban J connectivity index is 1.90. The predicted molar refractivity (Wildman–Crippen MR) is 117 cm³/mol. The Kier molecular flexibility index (Phi) is 6.55. The van der Waals surface area contributed by atoms with Crippen LogP contribution in [0.3, 0.4) is 0 Å². The lowest BCUT2D eigenvalue weighted by molar-refractivity contribution is -0.231. The normalized spacial score (nSPS) is 24.8. The van der Waals surface area contributed by atoms with Gasteiger partial charge in [0.25, 0.3) is 5.91 Å². The molecule has 11 heteroatoms. The van der Waals surface area contributed by atoms with Gasteiger partial charge in [0.05, 0.1) is 23.1 Å². The number of ether oxygens (including phenoxy) is 2. The van der Waals surface area contributed by atoms with E-state index in [0.717, 1.165) is 0 Å². The second kappa shape index (κ2) is 9.41. The number of primary amides is 1. The van der Waals surface area contributed by atoms with E-state index in [2.05, 4.69) is 0 Å². The zero-order valence-electron chi connectivity index (χ0n) is 17.7. The Bertz CT molecular complexity index is 1250. The van der Waals surface area contributed by atoms with E-state index in [1.165, 1.54) is 42.7 Å². The van der Waals surface area contributed by atoms with Crippen molar-refractivity contribution in [3.63, 3.8) is 0 Å². The van der Waals surface area contributed by atoms with Crippen molar-refractivity contribution in [1.29, 1.82) is 0 Å². The van der Waals surface area contributed by atoms with Crippen LogP contribution in [0.1, 0.15) is 11.7 Å². The van der Waals surface area contributed by atoms with Crippen LogP contribution in [0.4, 0.5) is 0 Å². The molecule has 180 valence electrons. The summed E-state index contributed by atoms with van der Waals surface area (Å²) >= 11 is 0. The molecule has 0 saturated carbocycles. The molecule has 1 amide bonds. The summed E-state index contributed by atoms with van der Waals surface area (Å²) in [5.41, 5.74) is 5.33. The minimum Gasteiger partial charge on any atom is -0.508 e. The van der Waals surface area contributed by atoms with Crippen molar-refractivity contribution in [3.8, 4) is 22.6 Å². The van der Waals surface area contributed by atoms with Crippen molar-refractivity contribution >= 4 is 16.9 Å². The van der Waals surface area contributed by atoms with Crippen molar-refractivity contribution in [3.05, 3.63) is 58.4 Å². The van der Waals surface area contributed by atoms with Gasteiger partial charge in [-0.15, -0.1) is 0 Å². The molecule has 2 aromatic carbocycles. The highest BCUT2D eigenvalue weighted by Gasteiger charge is 2.46. The monoisotopic (exact) mass is 473 g/mol. The molecule has 0 radical (unpaired) electrons. The molecule has 2 heterocycles. The third-order valence-corrected chi connectivity index (χ3v) is 5.66. The van der Waals surface area contributed by atoms with Crippen molar-refractivity contribution in [2.45, 2.75) is 30.5 Å². The summed E-state index contributed by atoms with van der Waals surface area (Å²) < 4.78 is 16.9. The summed E-state index contributed by atoms with van der Waals surface area (Å²) in [7, 11) is 0. The maximum absolute atomic E-state index is 13.3. The zero-order valence-corrected chi connectivity index (χ0v) is 17.7. The molecule has 1 aliphatic rings. The van der Waals surface area contributed by atoms with Crippen LogP contribution in [0.15, 0.2) is 51.9 Å². The first-order chi connectivity index (χ1) is 16.2. The molecule has 1 aliphatic heterocycles. The minimum absolute atomic E-state index is 0.00925. The van der Waals surface area contributed by atoms with Gasteiger partial charge >= 0.3 is 0 Å². The molecular weight excluding hydrogens is 450 g/mol. The lowest BCUT2D eigenvalue weighted by Crippen LogP contribution is -2.55. The van der Waals surface area contributed by atoms with Crippen LogP contribution in [0.25, 0.3) is 22.1 Å². The Morgan fingerprint density at radius 2 is 1.74 bits per heavy atom. The van der Waals surface area contributed by atoms with E-state index in [0.29, 0.717) is 5.56 Å². The smallest absolute Gasteiger partial charge is 0.255 e. The Labute approximate surface area is 192 Å². The molecule has 7 N–H and O–H groups in total. The summed E-state index contributed by atoms with van der Waals surface area (Å²) in [5, 5.41) is 50.2. The van der Waals surface area contributed by atoms with Gasteiger partial charge in [-0.3, -0.25) is 9.59 Å². The Hall–Kier alpha value is -3.48. The first kappa shape index (κ1) is 23.7. The van der Waals surface area contributed by atoms with Crippen LogP contribution in [0.2, 0.25) is 0 Å². The SMILES string of the molecule is NC(=O)COc1ccc2c(=O)c(-c3ccc(O)cc3)coc2c1[C@@H]1O[C@H](CO)[C@@H](O)[C@H](O)[C@H]1O. The molecule has 0 spiro atoms. The summed E-state index contributed by atoms with van der Waals surface area (Å²) in [6.07, 6.45) is -6.44. The highest BCUT2D eigenvalue weighted by Crippen LogP contribution is 2.41. The van der Waals surface area contributed by atoms with Gasteiger partial charge in [0.2, 0.25) is 5.43 Å². The van der Waals surface area contributed by atoms with E-state index in [1.807, 2.05) is 0 Å². The first-order valence-electron chi connectivity index (χ1n) is 10.3. The van der Waals surface area contributed by atoms with Crippen LogP contribution >= 0.6 is 0 Å². The number of phenolic OH excluding ortho intramolecular Hbond substituents is 1. The summed E-state index contributed by atoms with van der Waals surface area (Å²) in [5.74, 6) is -0.782. The van der Waals surface area contributed by atoms with Gasteiger partial charge in [-0.2, -0.15) is 0 Å². The van der Waals surface area contributed by atoms with E-state index >= 15 is 0 Å². The number of nitrogens with two attached hydrogens (primary N) is 1. The third kappa shape index (κ3) is 4.22. The average Bonchev–Trinajstić information content (AvgIpc) is 2.82. The number of benzene rings is 2. The fourth-order valence-electron chi connectivity index (χ4n) is 3.93. The van der Waals surface area contributed by atoms with E-state index in [4.69, 9.17) is 19.6 Å². The number of hydrogen-bond donors (Lipinski definition) is 6. The third-order valence-electron chi connectivity index (χ3n) is 5.66. The first-order valence-corrected chi connectivity index (χ1v) is 10.3. The van der Waals surface area contributed by atoms with Crippen molar-refractivity contribution in [2.24, 2.45) is 5.73 Å². The van der Waals surface area contributed by atoms with Crippen LogP contribution in [0.5, 0.6) is 11.5 Å². The van der Waals surface area contributed by atoms with Gasteiger partial charge in [0.1, 0.15) is 53.9 Å².